The van der Waals surface area contributed by atoms with E-state index in [0.29, 0.717) is 13.0 Å². The Kier molecular flexibility index (Phi) is 5.53. The summed E-state index contributed by atoms with van der Waals surface area (Å²) < 4.78 is 6.05. The summed E-state index contributed by atoms with van der Waals surface area (Å²) in [6, 6.07) is 8.45. The zero-order valence-electron chi connectivity index (χ0n) is 15.0. The molecule has 138 valence electrons. The number of aromatic hydroxyl groups is 1. The monoisotopic (exact) mass is 418 g/mol. The molecule has 2 aromatic carbocycles. The number of amides is 1. The van der Waals surface area contributed by atoms with Gasteiger partial charge in [0.1, 0.15) is 11.5 Å². The quantitative estimate of drug-likeness (QED) is 0.798. The first-order valence-corrected chi connectivity index (χ1v) is 9.42. The molecule has 0 aliphatic carbocycles. The standard InChI is InChI=1S/C20H23BrN2O3/c1-12-8-14(24)10-17(21)16(12)11-18(22)20(25)23-7-3-4-13-9-15(26-2)5-6-19(13)23/h5-6,8-10,18,24H,3-4,7,11,22H2,1-2H3. The van der Waals surface area contributed by atoms with E-state index in [-0.39, 0.29) is 11.7 Å². The summed E-state index contributed by atoms with van der Waals surface area (Å²) >= 11 is 3.46. The molecule has 1 aliphatic heterocycles. The average Bonchev–Trinajstić information content (AvgIpc) is 2.62. The molecular weight excluding hydrogens is 396 g/mol. The van der Waals surface area contributed by atoms with Gasteiger partial charge in [-0.2, -0.15) is 0 Å². The van der Waals surface area contributed by atoms with E-state index in [1.165, 1.54) is 0 Å². The van der Waals surface area contributed by atoms with Crippen LogP contribution in [-0.4, -0.2) is 30.7 Å². The summed E-state index contributed by atoms with van der Waals surface area (Å²) in [4.78, 5) is 14.8. The summed E-state index contributed by atoms with van der Waals surface area (Å²) in [6.07, 6.45) is 2.24. The van der Waals surface area contributed by atoms with Gasteiger partial charge in [-0.3, -0.25) is 4.79 Å². The first-order valence-electron chi connectivity index (χ1n) is 8.62. The van der Waals surface area contributed by atoms with Crippen molar-refractivity contribution < 1.29 is 14.6 Å². The van der Waals surface area contributed by atoms with Crippen LogP contribution in [0.15, 0.2) is 34.8 Å². The maximum atomic E-state index is 13.0. The lowest BCUT2D eigenvalue weighted by Gasteiger charge is -2.32. The van der Waals surface area contributed by atoms with Gasteiger partial charge in [0, 0.05) is 16.7 Å². The number of carbonyl (C=O) groups excluding carboxylic acids is 1. The Bertz CT molecular complexity index is 815. The molecule has 1 unspecified atom stereocenters. The van der Waals surface area contributed by atoms with E-state index in [1.54, 1.807) is 24.1 Å². The van der Waals surface area contributed by atoms with E-state index < -0.39 is 6.04 Å². The molecule has 2 aromatic rings. The van der Waals surface area contributed by atoms with Crippen LogP contribution in [-0.2, 0) is 17.6 Å². The number of aryl methyl sites for hydroxylation is 2. The molecule has 1 aliphatic rings. The number of carbonyl (C=O) groups is 1. The van der Waals surface area contributed by atoms with Crippen molar-refractivity contribution >= 4 is 27.5 Å². The second kappa shape index (κ2) is 7.68. The number of hydrogen-bond acceptors (Lipinski definition) is 4. The highest BCUT2D eigenvalue weighted by atomic mass is 79.9. The summed E-state index contributed by atoms with van der Waals surface area (Å²) in [5.74, 6) is 0.901. The van der Waals surface area contributed by atoms with Crippen molar-refractivity contribution in [3.8, 4) is 11.5 Å². The maximum Gasteiger partial charge on any atom is 0.244 e. The maximum absolute atomic E-state index is 13.0. The zero-order valence-corrected chi connectivity index (χ0v) is 16.5. The summed E-state index contributed by atoms with van der Waals surface area (Å²) in [6.45, 7) is 2.57. The number of rotatable bonds is 4. The second-order valence-corrected chi connectivity index (χ2v) is 7.48. The van der Waals surface area contributed by atoms with Gasteiger partial charge in [-0.15, -0.1) is 0 Å². The fourth-order valence-corrected chi connectivity index (χ4v) is 4.16. The van der Waals surface area contributed by atoms with E-state index in [2.05, 4.69) is 15.9 Å². The Morgan fingerprint density at radius 3 is 2.85 bits per heavy atom. The largest absolute Gasteiger partial charge is 0.508 e. The molecule has 0 aromatic heterocycles. The van der Waals surface area contributed by atoms with Crippen LogP contribution in [0.5, 0.6) is 11.5 Å². The van der Waals surface area contributed by atoms with Crippen LogP contribution >= 0.6 is 15.9 Å². The van der Waals surface area contributed by atoms with Crippen molar-refractivity contribution in [2.24, 2.45) is 5.73 Å². The van der Waals surface area contributed by atoms with Crippen LogP contribution in [0.25, 0.3) is 0 Å². The number of anilines is 1. The number of methoxy groups -OCH3 is 1. The van der Waals surface area contributed by atoms with Crippen LogP contribution < -0.4 is 15.4 Å². The number of nitrogens with zero attached hydrogens (tertiary/aromatic N) is 1. The van der Waals surface area contributed by atoms with E-state index >= 15 is 0 Å². The predicted molar refractivity (Wildman–Crippen MR) is 106 cm³/mol. The van der Waals surface area contributed by atoms with Gasteiger partial charge in [0.05, 0.1) is 13.2 Å². The average molecular weight is 419 g/mol. The highest BCUT2D eigenvalue weighted by Crippen LogP contribution is 2.32. The molecule has 1 heterocycles. The molecule has 0 saturated heterocycles. The van der Waals surface area contributed by atoms with Crippen LogP contribution in [0.1, 0.15) is 23.1 Å². The van der Waals surface area contributed by atoms with Crippen molar-refractivity contribution in [2.75, 3.05) is 18.6 Å². The number of phenolic OH excluding ortho intramolecular Hbond substituents is 1. The third-order valence-corrected chi connectivity index (χ3v) is 5.52. The Hall–Kier alpha value is -2.05. The van der Waals surface area contributed by atoms with E-state index in [0.717, 1.165) is 45.4 Å². The normalized spacial score (nSPS) is 14.7. The van der Waals surface area contributed by atoms with Gasteiger partial charge >= 0.3 is 0 Å². The predicted octanol–water partition coefficient (Wildman–Crippen LogP) is 3.32. The molecule has 0 spiro atoms. The van der Waals surface area contributed by atoms with E-state index in [1.807, 2.05) is 25.1 Å². The first-order chi connectivity index (χ1) is 12.4. The van der Waals surface area contributed by atoms with E-state index in [4.69, 9.17) is 10.5 Å². The second-order valence-electron chi connectivity index (χ2n) is 6.62. The van der Waals surface area contributed by atoms with Gasteiger partial charge in [-0.05, 0) is 73.2 Å². The fourth-order valence-electron chi connectivity index (χ4n) is 3.45. The lowest BCUT2D eigenvalue weighted by Crippen LogP contribution is -2.47. The molecule has 0 bridgehead atoms. The third kappa shape index (κ3) is 3.71. The van der Waals surface area contributed by atoms with Gasteiger partial charge in [-0.1, -0.05) is 15.9 Å². The van der Waals surface area contributed by atoms with Crippen LogP contribution in [0, 0.1) is 6.92 Å². The lowest BCUT2D eigenvalue weighted by molar-refractivity contribution is -0.119. The molecule has 26 heavy (non-hydrogen) atoms. The number of hydrogen-bond donors (Lipinski definition) is 2. The lowest BCUT2D eigenvalue weighted by atomic mass is 9.97. The fraction of sp³-hybridized carbons (Fsp3) is 0.350. The van der Waals surface area contributed by atoms with Crippen LogP contribution in [0.4, 0.5) is 5.69 Å². The Morgan fingerprint density at radius 1 is 1.38 bits per heavy atom. The van der Waals surface area contributed by atoms with Gasteiger partial charge in [0.25, 0.3) is 0 Å². The molecule has 5 nitrogen and oxygen atoms in total. The molecular formula is C20H23BrN2O3. The number of phenols is 1. The molecule has 0 saturated carbocycles. The molecule has 0 fully saturated rings. The molecule has 3 rings (SSSR count). The summed E-state index contributed by atoms with van der Waals surface area (Å²) in [5, 5.41) is 9.67. The molecule has 0 radical (unpaired) electrons. The van der Waals surface area contributed by atoms with Crippen molar-refractivity contribution in [2.45, 2.75) is 32.2 Å². The Labute approximate surface area is 161 Å². The highest BCUT2D eigenvalue weighted by molar-refractivity contribution is 9.10. The number of nitrogens with two attached hydrogens (primary N) is 1. The number of ether oxygens (including phenoxy) is 1. The number of fused-ring (bicyclic) bond motifs is 1. The topological polar surface area (TPSA) is 75.8 Å². The molecule has 1 atom stereocenters. The van der Waals surface area contributed by atoms with Crippen LogP contribution in [0.3, 0.4) is 0 Å². The Balaban J connectivity index is 1.82. The molecule has 3 N–H and O–H groups in total. The molecule has 6 heteroatoms. The Morgan fingerprint density at radius 2 is 2.15 bits per heavy atom. The SMILES string of the molecule is COc1ccc2c(c1)CCCN2C(=O)C(N)Cc1c(C)cc(O)cc1Br. The molecule has 1 amide bonds. The highest BCUT2D eigenvalue weighted by Gasteiger charge is 2.27. The van der Waals surface area contributed by atoms with Crippen molar-refractivity contribution in [1.29, 1.82) is 0 Å². The van der Waals surface area contributed by atoms with Gasteiger partial charge in [-0.25, -0.2) is 0 Å². The van der Waals surface area contributed by atoms with E-state index in [9.17, 15) is 9.90 Å². The summed E-state index contributed by atoms with van der Waals surface area (Å²) in [5.41, 5.74) is 10.1. The smallest absolute Gasteiger partial charge is 0.244 e. The van der Waals surface area contributed by atoms with Gasteiger partial charge in [0.2, 0.25) is 5.91 Å². The minimum absolute atomic E-state index is 0.0875. The van der Waals surface area contributed by atoms with Gasteiger partial charge in [0.15, 0.2) is 0 Å². The minimum Gasteiger partial charge on any atom is -0.508 e. The van der Waals surface area contributed by atoms with Crippen molar-refractivity contribution in [1.82, 2.24) is 0 Å². The van der Waals surface area contributed by atoms with Crippen molar-refractivity contribution in [3.63, 3.8) is 0 Å². The zero-order chi connectivity index (χ0) is 18.8. The first kappa shape index (κ1) is 18.7. The van der Waals surface area contributed by atoms with Gasteiger partial charge < -0.3 is 20.5 Å². The number of benzene rings is 2. The minimum atomic E-state index is -0.650. The van der Waals surface area contributed by atoms with Crippen molar-refractivity contribution in [3.05, 3.63) is 51.5 Å². The summed E-state index contributed by atoms with van der Waals surface area (Å²) in [7, 11) is 1.64. The third-order valence-electron chi connectivity index (χ3n) is 4.82. The van der Waals surface area contributed by atoms with Crippen LogP contribution in [0.2, 0.25) is 0 Å². The number of halogens is 1.